The number of ether oxygens (including phenoxy) is 2. The van der Waals surface area contributed by atoms with Gasteiger partial charge in [-0.3, -0.25) is 4.99 Å². The number of hydrogen-bond acceptors (Lipinski definition) is 4. The monoisotopic (exact) mass is 479 g/mol. The predicted molar refractivity (Wildman–Crippen MR) is 116 cm³/mol. The number of aliphatic imine (C=N–C) groups is 1. The van der Waals surface area contributed by atoms with Gasteiger partial charge in [0, 0.05) is 49.9 Å². The summed E-state index contributed by atoms with van der Waals surface area (Å²) in [5.74, 6) is 2.46. The minimum atomic E-state index is 0. The zero-order valence-corrected chi connectivity index (χ0v) is 18.1. The maximum Gasteiger partial charge on any atom is 0.191 e. The molecule has 2 N–H and O–H groups in total. The Labute approximate surface area is 172 Å². The first-order chi connectivity index (χ1) is 11.9. The summed E-state index contributed by atoms with van der Waals surface area (Å²) in [4.78, 5) is 5.54. The molecule has 25 heavy (non-hydrogen) atoms. The van der Waals surface area contributed by atoms with Crippen LogP contribution >= 0.6 is 35.7 Å². The Morgan fingerprint density at radius 1 is 1.28 bits per heavy atom. The van der Waals surface area contributed by atoms with Gasteiger partial charge in [-0.1, -0.05) is 18.2 Å². The molecular formula is C18H30IN3O2S. The average Bonchev–Trinajstić information content (AvgIpc) is 3.14. The highest BCUT2D eigenvalue weighted by Crippen LogP contribution is 2.15. The third kappa shape index (κ3) is 10.3. The SMILES string of the molecule is CN=C(NCCCOCC1CCOC1)NCCSc1ccccc1.I. The molecule has 1 saturated heterocycles. The molecule has 1 unspecified atom stereocenters. The Balaban J connectivity index is 0.00000312. The topological polar surface area (TPSA) is 54.9 Å². The van der Waals surface area contributed by atoms with Crippen LogP contribution in [-0.2, 0) is 9.47 Å². The van der Waals surface area contributed by atoms with Crippen LogP contribution in [0.5, 0.6) is 0 Å². The van der Waals surface area contributed by atoms with Gasteiger partial charge in [0.15, 0.2) is 5.96 Å². The Kier molecular flexibility index (Phi) is 13.2. The van der Waals surface area contributed by atoms with Gasteiger partial charge >= 0.3 is 0 Å². The first-order valence-electron chi connectivity index (χ1n) is 8.66. The fourth-order valence-electron chi connectivity index (χ4n) is 2.42. The Hall–Kier alpha value is -0.510. The number of nitrogens with one attached hydrogen (secondary N) is 2. The normalized spacial score (nSPS) is 17.2. The molecule has 1 aromatic rings. The molecule has 0 bridgehead atoms. The van der Waals surface area contributed by atoms with Crippen LogP contribution in [0.1, 0.15) is 12.8 Å². The maximum atomic E-state index is 5.70. The fraction of sp³-hybridized carbons (Fsp3) is 0.611. The van der Waals surface area contributed by atoms with Gasteiger partial charge in [-0.15, -0.1) is 35.7 Å². The van der Waals surface area contributed by atoms with Crippen LogP contribution in [0.15, 0.2) is 40.2 Å². The van der Waals surface area contributed by atoms with Gasteiger partial charge in [0.05, 0.1) is 13.2 Å². The van der Waals surface area contributed by atoms with Gasteiger partial charge in [0.25, 0.3) is 0 Å². The fourth-order valence-corrected chi connectivity index (χ4v) is 3.21. The summed E-state index contributed by atoms with van der Waals surface area (Å²) in [6.07, 6.45) is 2.11. The van der Waals surface area contributed by atoms with Gasteiger partial charge in [-0.05, 0) is 25.0 Å². The number of rotatable bonds is 10. The van der Waals surface area contributed by atoms with Crippen LogP contribution in [-0.4, -0.2) is 58.3 Å². The molecule has 1 aliphatic rings. The summed E-state index contributed by atoms with van der Waals surface area (Å²) in [6, 6.07) is 10.4. The van der Waals surface area contributed by atoms with Crippen molar-refractivity contribution < 1.29 is 9.47 Å². The van der Waals surface area contributed by atoms with Gasteiger partial charge in [0.2, 0.25) is 0 Å². The molecule has 142 valence electrons. The Morgan fingerprint density at radius 3 is 2.80 bits per heavy atom. The van der Waals surface area contributed by atoms with E-state index in [1.54, 1.807) is 7.05 Å². The molecule has 0 spiro atoms. The van der Waals surface area contributed by atoms with Crippen LogP contribution in [0.25, 0.3) is 0 Å². The summed E-state index contributed by atoms with van der Waals surface area (Å²) in [7, 11) is 1.80. The van der Waals surface area contributed by atoms with Gasteiger partial charge in [-0.2, -0.15) is 0 Å². The molecular weight excluding hydrogens is 449 g/mol. The largest absolute Gasteiger partial charge is 0.381 e. The molecule has 1 fully saturated rings. The lowest BCUT2D eigenvalue weighted by Crippen LogP contribution is -2.39. The third-order valence-corrected chi connectivity index (χ3v) is 4.78. The van der Waals surface area contributed by atoms with E-state index in [0.717, 1.165) is 64.1 Å². The summed E-state index contributed by atoms with van der Waals surface area (Å²) in [6.45, 7) is 5.11. The summed E-state index contributed by atoms with van der Waals surface area (Å²) < 4.78 is 11.0. The molecule has 0 aromatic heterocycles. The lowest BCUT2D eigenvalue weighted by molar-refractivity contribution is 0.0888. The molecule has 7 heteroatoms. The smallest absolute Gasteiger partial charge is 0.191 e. The Morgan fingerprint density at radius 2 is 2.08 bits per heavy atom. The molecule has 0 saturated carbocycles. The van der Waals surface area contributed by atoms with E-state index in [0.29, 0.717) is 5.92 Å². The number of benzene rings is 1. The van der Waals surface area contributed by atoms with Crippen molar-refractivity contribution in [1.29, 1.82) is 0 Å². The Bertz CT molecular complexity index is 471. The molecule has 0 amide bonds. The standard InChI is InChI=1S/C18H29N3O2S.HI/c1-19-18(21-10-13-24-17-6-3-2-4-7-17)20-9-5-11-22-14-16-8-12-23-15-16;/h2-4,6-7,16H,5,8-15H2,1H3,(H2,19,20,21);1H. The second-order valence-corrected chi connectivity index (χ2v) is 6.91. The van der Waals surface area contributed by atoms with Crippen LogP contribution in [0.3, 0.4) is 0 Å². The lowest BCUT2D eigenvalue weighted by atomic mass is 10.1. The number of hydrogen-bond donors (Lipinski definition) is 2. The van der Waals surface area contributed by atoms with Crippen LogP contribution < -0.4 is 10.6 Å². The average molecular weight is 479 g/mol. The quantitative estimate of drug-likeness (QED) is 0.178. The van der Waals surface area contributed by atoms with E-state index >= 15 is 0 Å². The summed E-state index contributed by atoms with van der Waals surface area (Å²) in [5.41, 5.74) is 0. The van der Waals surface area contributed by atoms with Crippen LogP contribution in [0.4, 0.5) is 0 Å². The highest BCUT2D eigenvalue weighted by Gasteiger charge is 2.15. The first kappa shape index (κ1) is 22.5. The minimum Gasteiger partial charge on any atom is -0.381 e. The van der Waals surface area contributed by atoms with E-state index < -0.39 is 0 Å². The molecule has 1 aliphatic heterocycles. The maximum absolute atomic E-state index is 5.70. The van der Waals surface area contributed by atoms with Gasteiger partial charge in [0.1, 0.15) is 0 Å². The summed E-state index contributed by atoms with van der Waals surface area (Å²) >= 11 is 1.84. The van der Waals surface area contributed by atoms with Gasteiger partial charge in [-0.25, -0.2) is 0 Å². The van der Waals surface area contributed by atoms with Crippen molar-refractivity contribution >= 4 is 41.7 Å². The molecule has 2 rings (SSSR count). The van der Waals surface area contributed by atoms with Crippen LogP contribution in [0, 0.1) is 5.92 Å². The predicted octanol–water partition coefficient (Wildman–Crippen LogP) is 3.00. The van der Waals surface area contributed by atoms with Crippen molar-refractivity contribution in [2.45, 2.75) is 17.7 Å². The lowest BCUT2D eigenvalue weighted by Gasteiger charge is -2.12. The van der Waals surface area contributed by atoms with E-state index in [1.165, 1.54) is 4.90 Å². The zero-order chi connectivity index (χ0) is 16.9. The van der Waals surface area contributed by atoms with Crippen molar-refractivity contribution in [1.82, 2.24) is 10.6 Å². The molecule has 1 atom stereocenters. The highest BCUT2D eigenvalue weighted by molar-refractivity contribution is 14.0. The molecule has 1 heterocycles. The van der Waals surface area contributed by atoms with Crippen molar-refractivity contribution in [3.8, 4) is 0 Å². The number of halogens is 1. The van der Waals surface area contributed by atoms with E-state index in [4.69, 9.17) is 9.47 Å². The van der Waals surface area contributed by atoms with E-state index in [2.05, 4.69) is 39.9 Å². The number of guanidine groups is 1. The third-order valence-electron chi connectivity index (χ3n) is 3.77. The highest BCUT2D eigenvalue weighted by atomic mass is 127. The summed E-state index contributed by atoms with van der Waals surface area (Å²) in [5, 5.41) is 6.66. The minimum absolute atomic E-state index is 0. The van der Waals surface area contributed by atoms with Crippen molar-refractivity contribution in [3.05, 3.63) is 30.3 Å². The van der Waals surface area contributed by atoms with E-state index in [1.807, 2.05) is 17.8 Å². The second-order valence-electron chi connectivity index (χ2n) is 5.75. The molecule has 1 aromatic carbocycles. The zero-order valence-electron chi connectivity index (χ0n) is 14.9. The van der Waals surface area contributed by atoms with Crippen molar-refractivity contribution in [2.75, 3.05) is 52.3 Å². The second kappa shape index (κ2) is 14.6. The van der Waals surface area contributed by atoms with Crippen molar-refractivity contribution in [2.24, 2.45) is 10.9 Å². The molecule has 5 nitrogen and oxygen atoms in total. The molecule has 0 aliphatic carbocycles. The number of thioether (sulfide) groups is 1. The first-order valence-corrected chi connectivity index (χ1v) is 9.65. The molecule has 0 radical (unpaired) electrons. The van der Waals surface area contributed by atoms with E-state index in [9.17, 15) is 0 Å². The van der Waals surface area contributed by atoms with Crippen LogP contribution in [0.2, 0.25) is 0 Å². The van der Waals surface area contributed by atoms with E-state index in [-0.39, 0.29) is 24.0 Å². The van der Waals surface area contributed by atoms with Gasteiger partial charge < -0.3 is 20.1 Å². The van der Waals surface area contributed by atoms with Crippen molar-refractivity contribution in [3.63, 3.8) is 0 Å². The number of nitrogens with zero attached hydrogens (tertiary/aromatic N) is 1.